The quantitative estimate of drug-likeness (QED) is 0.751. The Hall–Kier alpha value is -1.82. The molecule has 1 aliphatic heterocycles. The Bertz CT molecular complexity index is 795. The minimum Gasteiger partial charge on any atom is -0.342 e. The number of aryl methyl sites for hydroxylation is 1. The number of carbonyl (C=O) groups is 2. The summed E-state index contributed by atoms with van der Waals surface area (Å²) in [4.78, 5) is 29.2. The second-order valence-corrected chi connectivity index (χ2v) is 9.21. The van der Waals surface area contributed by atoms with Crippen molar-refractivity contribution in [3.63, 3.8) is 0 Å². The number of urea groups is 1. The molecule has 0 radical (unpaired) electrons. The molecular weight excluding hydrogens is 393 g/mol. The number of halogens is 2. The Labute approximate surface area is 176 Å². The Morgan fingerprint density at radius 3 is 2.69 bits per heavy atom. The van der Waals surface area contributed by atoms with Gasteiger partial charge in [0.05, 0.1) is 0 Å². The van der Waals surface area contributed by atoms with E-state index in [4.69, 9.17) is 11.6 Å². The third-order valence-electron chi connectivity index (χ3n) is 6.22. The Morgan fingerprint density at radius 1 is 1.24 bits per heavy atom. The van der Waals surface area contributed by atoms with E-state index >= 15 is 0 Å². The van der Waals surface area contributed by atoms with Gasteiger partial charge in [-0.3, -0.25) is 4.79 Å². The molecule has 1 saturated heterocycles. The lowest BCUT2D eigenvalue weighted by Gasteiger charge is -2.36. The first-order chi connectivity index (χ1) is 13.9. The average molecular weight is 422 g/mol. The van der Waals surface area contributed by atoms with E-state index in [0.29, 0.717) is 29.0 Å². The summed E-state index contributed by atoms with van der Waals surface area (Å²) in [5.41, 5.74) is 1.23. The van der Waals surface area contributed by atoms with Crippen LogP contribution in [0.25, 0.3) is 0 Å². The number of hydrogen-bond donors (Lipinski definition) is 1. The van der Waals surface area contributed by atoms with E-state index in [-0.39, 0.29) is 24.5 Å². The van der Waals surface area contributed by atoms with Crippen LogP contribution < -0.4 is 5.32 Å². The van der Waals surface area contributed by atoms with E-state index in [1.165, 1.54) is 6.07 Å². The zero-order valence-electron chi connectivity index (χ0n) is 16.9. The summed E-state index contributed by atoms with van der Waals surface area (Å²) in [5.74, 6) is 0.452. The molecule has 1 aromatic carbocycles. The highest BCUT2D eigenvalue weighted by atomic mass is 35.5. The number of carbonyl (C=O) groups excluding carboxylic acids is 2. The molecule has 7 heteroatoms. The fourth-order valence-corrected chi connectivity index (χ4v) is 4.34. The van der Waals surface area contributed by atoms with Gasteiger partial charge < -0.3 is 15.1 Å². The normalized spacial score (nSPS) is 21.8. The SMILES string of the molecule is Cc1cc(CNC(=O)N(C[C@@H]2CCCN(C(=O)C3CC3)C2)C2CC2)c(F)cc1Cl. The number of piperidine rings is 1. The lowest BCUT2D eigenvalue weighted by Crippen LogP contribution is -2.48. The lowest BCUT2D eigenvalue weighted by atomic mass is 9.97. The van der Waals surface area contributed by atoms with Gasteiger partial charge in [0, 0.05) is 48.7 Å². The first-order valence-electron chi connectivity index (χ1n) is 10.7. The zero-order chi connectivity index (χ0) is 20.5. The van der Waals surface area contributed by atoms with Gasteiger partial charge >= 0.3 is 6.03 Å². The molecule has 1 atom stereocenters. The largest absolute Gasteiger partial charge is 0.342 e. The van der Waals surface area contributed by atoms with Crippen LogP contribution >= 0.6 is 11.6 Å². The minimum absolute atomic E-state index is 0.142. The molecule has 2 saturated carbocycles. The molecule has 5 nitrogen and oxygen atoms in total. The van der Waals surface area contributed by atoms with Gasteiger partial charge in [0.25, 0.3) is 0 Å². The smallest absolute Gasteiger partial charge is 0.317 e. The van der Waals surface area contributed by atoms with Crippen molar-refractivity contribution in [2.75, 3.05) is 19.6 Å². The van der Waals surface area contributed by atoms with E-state index in [2.05, 4.69) is 5.32 Å². The van der Waals surface area contributed by atoms with Gasteiger partial charge in [-0.05, 0) is 69.1 Å². The van der Waals surface area contributed by atoms with Crippen molar-refractivity contribution in [1.82, 2.24) is 15.1 Å². The van der Waals surface area contributed by atoms with Gasteiger partial charge in [0.1, 0.15) is 5.82 Å². The lowest BCUT2D eigenvalue weighted by molar-refractivity contribution is -0.134. The van der Waals surface area contributed by atoms with E-state index in [0.717, 1.165) is 57.2 Å². The predicted molar refractivity (Wildman–Crippen MR) is 110 cm³/mol. The predicted octanol–water partition coefficient (Wildman–Crippen LogP) is 4.11. The summed E-state index contributed by atoms with van der Waals surface area (Å²) in [7, 11) is 0. The maximum Gasteiger partial charge on any atom is 0.317 e. The summed E-state index contributed by atoms with van der Waals surface area (Å²) in [6.07, 6.45) is 6.11. The fraction of sp³-hybridized carbons (Fsp3) is 0.636. The minimum atomic E-state index is -0.402. The zero-order valence-corrected chi connectivity index (χ0v) is 17.7. The highest BCUT2D eigenvalue weighted by molar-refractivity contribution is 6.31. The van der Waals surface area contributed by atoms with E-state index in [1.54, 1.807) is 6.07 Å². The van der Waals surface area contributed by atoms with Crippen LogP contribution in [0.3, 0.4) is 0 Å². The standard InChI is InChI=1S/C22H29ClFN3O2/c1-14-9-17(20(24)10-19(14)23)11-25-22(29)27(18-6-7-18)13-15-3-2-8-26(12-15)21(28)16-4-5-16/h9-10,15-16,18H,2-8,11-13H2,1H3,(H,25,29)/t15-/m1/s1. The number of amides is 3. The monoisotopic (exact) mass is 421 g/mol. The van der Waals surface area contributed by atoms with Gasteiger partial charge in [-0.1, -0.05) is 11.6 Å². The highest BCUT2D eigenvalue weighted by Gasteiger charge is 2.38. The second kappa shape index (κ2) is 8.50. The van der Waals surface area contributed by atoms with Crippen LogP contribution in [0.2, 0.25) is 5.02 Å². The number of rotatable bonds is 6. The summed E-state index contributed by atoms with van der Waals surface area (Å²) >= 11 is 5.95. The van der Waals surface area contributed by atoms with Gasteiger partial charge in [-0.15, -0.1) is 0 Å². The van der Waals surface area contributed by atoms with E-state index < -0.39 is 5.82 Å². The molecular formula is C22H29ClFN3O2. The average Bonchev–Trinajstić information content (AvgIpc) is 3.60. The van der Waals surface area contributed by atoms with Crippen molar-refractivity contribution >= 4 is 23.5 Å². The molecule has 3 aliphatic rings. The van der Waals surface area contributed by atoms with Crippen LogP contribution in [-0.4, -0.2) is 47.4 Å². The summed E-state index contributed by atoms with van der Waals surface area (Å²) in [5, 5.41) is 3.27. The van der Waals surface area contributed by atoms with Crippen molar-refractivity contribution < 1.29 is 14.0 Å². The summed E-state index contributed by atoms with van der Waals surface area (Å²) in [6.45, 7) is 4.21. The van der Waals surface area contributed by atoms with Crippen LogP contribution in [0.1, 0.15) is 49.7 Å². The maximum absolute atomic E-state index is 14.1. The van der Waals surface area contributed by atoms with Crippen molar-refractivity contribution in [3.8, 4) is 0 Å². The molecule has 1 aromatic rings. The van der Waals surface area contributed by atoms with Gasteiger partial charge in [0.2, 0.25) is 5.91 Å². The molecule has 3 fully saturated rings. The first kappa shape index (κ1) is 20.5. The van der Waals surface area contributed by atoms with Crippen molar-refractivity contribution in [2.45, 2.75) is 58.0 Å². The van der Waals surface area contributed by atoms with Crippen LogP contribution in [-0.2, 0) is 11.3 Å². The number of benzene rings is 1. The molecule has 1 N–H and O–H groups in total. The molecule has 29 heavy (non-hydrogen) atoms. The number of hydrogen-bond acceptors (Lipinski definition) is 2. The van der Waals surface area contributed by atoms with Crippen LogP contribution in [0.15, 0.2) is 12.1 Å². The van der Waals surface area contributed by atoms with E-state index in [1.807, 2.05) is 16.7 Å². The number of nitrogens with one attached hydrogen (secondary N) is 1. The van der Waals surface area contributed by atoms with Gasteiger partial charge in [0.15, 0.2) is 0 Å². The van der Waals surface area contributed by atoms with Crippen LogP contribution in [0, 0.1) is 24.6 Å². The molecule has 0 bridgehead atoms. The molecule has 158 valence electrons. The maximum atomic E-state index is 14.1. The van der Waals surface area contributed by atoms with E-state index in [9.17, 15) is 14.0 Å². The molecule has 4 rings (SSSR count). The third-order valence-corrected chi connectivity index (χ3v) is 6.63. The van der Waals surface area contributed by atoms with Crippen molar-refractivity contribution in [2.24, 2.45) is 11.8 Å². The topological polar surface area (TPSA) is 52.7 Å². The number of nitrogens with zero attached hydrogens (tertiary/aromatic N) is 2. The van der Waals surface area contributed by atoms with Crippen LogP contribution in [0.5, 0.6) is 0 Å². The van der Waals surface area contributed by atoms with Gasteiger partial charge in [-0.25, -0.2) is 9.18 Å². The van der Waals surface area contributed by atoms with Gasteiger partial charge in [-0.2, -0.15) is 0 Å². The Kier molecular flexibility index (Phi) is 6.00. The molecule has 0 aromatic heterocycles. The van der Waals surface area contributed by atoms with Crippen molar-refractivity contribution in [3.05, 3.63) is 34.1 Å². The Balaban J connectivity index is 1.34. The fourth-order valence-electron chi connectivity index (χ4n) is 4.19. The molecule has 2 aliphatic carbocycles. The molecule has 0 spiro atoms. The third kappa shape index (κ3) is 5.03. The Morgan fingerprint density at radius 2 is 2.00 bits per heavy atom. The van der Waals surface area contributed by atoms with Crippen molar-refractivity contribution in [1.29, 1.82) is 0 Å². The second-order valence-electron chi connectivity index (χ2n) is 8.80. The highest BCUT2D eigenvalue weighted by Crippen LogP contribution is 2.33. The van der Waals surface area contributed by atoms with Crippen LogP contribution in [0.4, 0.5) is 9.18 Å². The number of likely N-dealkylation sites (tertiary alicyclic amines) is 1. The first-order valence-corrected chi connectivity index (χ1v) is 11.1. The molecule has 0 unspecified atom stereocenters. The molecule has 3 amide bonds. The summed E-state index contributed by atoms with van der Waals surface area (Å²) < 4.78 is 14.1. The molecule has 1 heterocycles. The summed E-state index contributed by atoms with van der Waals surface area (Å²) in [6, 6.07) is 3.10.